The molecule has 1 aromatic carbocycles. The normalized spacial score (nSPS) is 20.4. The highest BCUT2D eigenvalue weighted by molar-refractivity contribution is 7.89. The Balaban J connectivity index is 1.59. The molecule has 1 saturated heterocycles. The third kappa shape index (κ3) is 4.24. The second-order valence-corrected chi connectivity index (χ2v) is 11.8. The Morgan fingerprint density at radius 2 is 1.85 bits per heavy atom. The highest BCUT2D eigenvalue weighted by atomic mass is 32.2. The molecule has 0 bridgehead atoms. The molecule has 0 unspecified atom stereocenters. The smallest absolute Gasteiger partial charge is 0.331 e. The summed E-state index contributed by atoms with van der Waals surface area (Å²) in [6.07, 6.45) is 5.84. The van der Waals surface area contributed by atoms with Crippen LogP contribution in [0.25, 0.3) is 10.9 Å². The molecule has 34 heavy (non-hydrogen) atoms. The van der Waals surface area contributed by atoms with Gasteiger partial charge in [0.1, 0.15) is 0 Å². The van der Waals surface area contributed by atoms with Crippen molar-refractivity contribution >= 4 is 26.8 Å². The van der Waals surface area contributed by atoms with Crippen LogP contribution >= 0.6 is 0 Å². The van der Waals surface area contributed by atoms with E-state index < -0.39 is 21.1 Å². The Morgan fingerprint density at radius 1 is 1.18 bits per heavy atom. The van der Waals surface area contributed by atoms with Gasteiger partial charge in [0.2, 0.25) is 15.9 Å². The summed E-state index contributed by atoms with van der Waals surface area (Å²) in [5, 5.41) is 0.230. The second kappa shape index (κ2) is 8.20. The van der Waals surface area contributed by atoms with Crippen LogP contribution in [0.2, 0.25) is 0 Å². The summed E-state index contributed by atoms with van der Waals surface area (Å²) in [4.78, 5) is 40.7. The van der Waals surface area contributed by atoms with Gasteiger partial charge in [-0.05, 0) is 75.6 Å². The largest absolute Gasteiger partial charge is 0.339 e. The lowest BCUT2D eigenvalue weighted by Gasteiger charge is -2.32. The van der Waals surface area contributed by atoms with Crippen LogP contribution in [0, 0.1) is 5.92 Å². The number of nitrogens with zero attached hydrogens (tertiary/aromatic N) is 3. The number of likely N-dealkylation sites (tertiary alicyclic amines) is 1. The van der Waals surface area contributed by atoms with E-state index in [1.807, 2.05) is 6.92 Å². The number of rotatable bonds is 7. The number of carbonyl (C=O) groups excluding carboxylic acids is 1. The molecule has 0 spiro atoms. The fourth-order valence-corrected chi connectivity index (χ4v) is 6.23. The topological polar surface area (TPSA) is 110 Å². The molecule has 3 aliphatic rings. The van der Waals surface area contributed by atoms with Gasteiger partial charge in [0.15, 0.2) is 0 Å². The van der Waals surface area contributed by atoms with Gasteiger partial charge in [-0.3, -0.25) is 18.7 Å². The third-order valence-electron chi connectivity index (χ3n) is 7.29. The van der Waals surface area contributed by atoms with Crippen molar-refractivity contribution in [3.05, 3.63) is 51.7 Å². The quantitative estimate of drug-likeness (QED) is 0.600. The highest BCUT2D eigenvalue weighted by Crippen LogP contribution is 2.36. The lowest BCUT2D eigenvalue weighted by atomic mass is 10.0. The fraction of sp³-hybridized carbons (Fsp3) is 0.542. The number of aromatic nitrogens is 2. The number of hydrogen-bond donors (Lipinski definition) is 1. The van der Waals surface area contributed by atoms with Crippen molar-refractivity contribution in [2.24, 2.45) is 5.92 Å². The van der Waals surface area contributed by atoms with Gasteiger partial charge in [0.05, 0.1) is 15.8 Å². The molecule has 2 aromatic rings. The summed E-state index contributed by atoms with van der Waals surface area (Å²) in [5.41, 5.74) is -0.809. The van der Waals surface area contributed by atoms with E-state index >= 15 is 0 Å². The molecule has 2 saturated carbocycles. The van der Waals surface area contributed by atoms with Gasteiger partial charge in [0.25, 0.3) is 5.56 Å². The summed E-state index contributed by atoms with van der Waals surface area (Å²) in [6, 6.07) is 4.11. The van der Waals surface area contributed by atoms with Crippen LogP contribution < -0.4 is 16.0 Å². The molecule has 1 amide bonds. The predicted molar refractivity (Wildman–Crippen MR) is 128 cm³/mol. The summed E-state index contributed by atoms with van der Waals surface area (Å²) in [7, 11) is -3.79. The minimum absolute atomic E-state index is 0.0276. The van der Waals surface area contributed by atoms with Crippen molar-refractivity contribution < 1.29 is 13.2 Å². The first-order valence-corrected chi connectivity index (χ1v) is 13.3. The third-order valence-corrected chi connectivity index (χ3v) is 8.93. The van der Waals surface area contributed by atoms with E-state index in [2.05, 4.69) is 11.3 Å². The predicted octanol–water partition coefficient (Wildman–Crippen LogP) is 1.75. The van der Waals surface area contributed by atoms with Crippen LogP contribution in [0.4, 0.5) is 0 Å². The van der Waals surface area contributed by atoms with Gasteiger partial charge in [-0.25, -0.2) is 17.9 Å². The molecule has 1 aromatic heterocycles. The molecule has 0 radical (unpaired) electrons. The number of amides is 1. The Morgan fingerprint density at radius 3 is 2.44 bits per heavy atom. The van der Waals surface area contributed by atoms with Crippen molar-refractivity contribution in [1.29, 1.82) is 0 Å². The Kier molecular flexibility index (Phi) is 5.55. The number of carbonyl (C=O) groups is 1. The van der Waals surface area contributed by atoms with E-state index in [0.717, 1.165) is 25.7 Å². The molecule has 9 nitrogen and oxygen atoms in total. The van der Waals surface area contributed by atoms with Gasteiger partial charge in [-0.1, -0.05) is 6.58 Å². The summed E-state index contributed by atoms with van der Waals surface area (Å²) >= 11 is 0. The van der Waals surface area contributed by atoms with E-state index in [1.54, 1.807) is 15.5 Å². The average molecular weight is 487 g/mol. The first-order chi connectivity index (χ1) is 16.1. The van der Waals surface area contributed by atoms with Gasteiger partial charge in [0, 0.05) is 31.2 Å². The fourth-order valence-electron chi connectivity index (χ4n) is 4.74. The first-order valence-electron chi connectivity index (χ1n) is 11.9. The molecule has 182 valence electrons. The first kappa shape index (κ1) is 23.0. The number of piperidine rings is 1. The van der Waals surface area contributed by atoms with Crippen LogP contribution in [-0.4, -0.2) is 47.0 Å². The monoisotopic (exact) mass is 486 g/mol. The van der Waals surface area contributed by atoms with Crippen molar-refractivity contribution in [3.63, 3.8) is 0 Å². The molecule has 3 fully saturated rings. The standard InChI is InChI=1S/C24H30N4O5S/c1-3-21(29)26-12-8-17(9-13-26)28-22(30)19-14-18(34(32,33)25-24(2)10-11-24)6-7-20(19)27(23(28)31)15-16-4-5-16/h3,6-7,14,16-17,25H,1,4-5,8-13,15H2,2H3. The maximum Gasteiger partial charge on any atom is 0.331 e. The van der Waals surface area contributed by atoms with Crippen LogP contribution in [0.3, 0.4) is 0 Å². The number of hydrogen-bond acceptors (Lipinski definition) is 5. The molecule has 2 aliphatic carbocycles. The van der Waals surface area contributed by atoms with Crippen LogP contribution in [0.5, 0.6) is 0 Å². The van der Waals surface area contributed by atoms with E-state index in [1.165, 1.54) is 22.8 Å². The maximum atomic E-state index is 13.6. The Labute approximate surface area is 198 Å². The lowest BCUT2D eigenvalue weighted by Crippen LogP contribution is -2.47. The van der Waals surface area contributed by atoms with Gasteiger partial charge >= 0.3 is 5.69 Å². The number of sulfonamides is 1. The summed E-state index contributed by atoms with van der Waals surface area (Å²) in [5.74, 6) is 0.223. The zero-order valence-corrected chi connectivity index (χ0v) is 20.1. The molecular weight excluding hydrogens is 456 g/mol. The number of benzene rings is 1. The van der Waals surface area contributed by atoms with Gasteiger partial charge < -0.3 is 4.90 Å². The van der Waals surface area contributed by atoms with Crippen LogP contribution in [0.1, 0.15) is 51.5 Å². The van der Waals surface area contributed by atoms with Crippen molar-refractivity contribution in [2.75, 3.05) is 13.1 Å². The number of nitrogens with one attached hydrogen (secondary N) is 1. The van der Waals surface area contributed by atoms with E-state index in [0.29, 0.717) is 43.9 Å². The summed E-state index contributed by atoms with van der Waals surface area (Å²) in [6.45, 7) is 6.74. The molecule has 2 heterocycles. The van der Waals surface area contributed by atoms with Gasteiger partial charge in [-0.15, -0.1) is 0 Å². The van der Waals surface area contributed by atoms with Crippen LogP contribution in [0.15, 0.2) is 45.3 Å². The molecule has 1 aliphatic heterocycles. The average Bonchev–Trinajstić information content (AvgIpc) is 3.75. The molecule has 10 heteroatoms. The minimum Gasteiger partial charge on any atom is -0.339 e. The second-order valence-electron chi connectivity index (χ2n) is 10.1. The Bertz CT molecular complexity index is 1390. The van der Waals surface area contributed by atoms with E-state index in [4.69, 9.17) is 0 Å². The van der Waals surface area contributed by atoms with Crippen molar-refractivity contribution in [2.45, 2.75) is 68.5 Å². The number of fused-ring (bicyclic) bond motifs is 1. The zero-order chi connectivity index (χ0) is 24.3. The lowest BCUT2D eigenvalue weighted by molar-refractivity contribution is -0.127. The van der Waals surface area contributed by atoms with Crippen LogP contribution in [-0.2, 0) is 21.4 Å². The highest BCUT2D eigenvalue weighted by Gasteiger charge is 2.41. The SMILES string of the molecule is C=CC(=O)N1CCC(n2c(=O)c3cc(S(=O)(=O)NC4(C)CC4)ccc3n(CC3CC3)c2=O)CC1. The molecule has 1 N–H and O–H groups in total. The van der Waals surface area contributed by atoms with Crippen molar-refractivity contribution in [1.82, 2.24) is 18.8 Å². The molecule has 0 atom stereocenters. The van der Waals surface area contributed by atoms with E-state index in [-0.39, 0.29) is 27.9 Å². The van der Waals surface area contributed by atoms with Crippen molar-refractivity contribution in [3.8, 4) is 0 Å². The Hall–Kier alpha value is -2.72. The summed E-state index contributed by atoms with van der Waals surface area (Å²) < 4.78 is 31.6. The van der Waals surface area contributed by atoms with Gasteiger partial charge in [-0.2, -0.15) is 0 Å². The minimum atomic E-state index is -3.79. The van der Waals surface area contributed by atoms with E-state index in [9.17, 15) is 22.8 Å². The zero-order valence-electron chi connectivity index (χ0n) is 19.3. The maximum absolute atomic E-state index is 13.6. The molecule has 5 rings (SSSR count). The molecular formula is C24H30N4O5S.